The number of hydrogen-bond donors (Lipinski definition) is 0. The lowest BCUT2D eigenvalue weighted by molar-refractivity contribution is -0.386. The zero-order valence-electron chi connectivity index (χ0n) is 8.83. The van der Waals surface area contributed by atoms with Crippen molar-refractivity contribution in [3.05, 3.63) is 44.5 Å². The van der Waals surface area contributed by atoms with Crippen molar-refractivity contribution in [2.75, 3.05) is 0 Å². The first-order chi connectivity index (χ1) is 7.11. The first kappa shape index (κ1) is 9.90. The summed E-state index contributed by atoms with van der Waals surface area (Å²) in [4.78, 5) is 10.6. The summed E-state index contributed by atoms with van der Waals surface area (Å²) in [5, 5.41) is 10.9. The Balaban J connectivity index is 2.71. The maximum absolute atomic E-state index is 10.9. The molecule has 0 aromatic heterocycles. The van der Waals surface area contributed by atoms with Gasteiger partial charge in [-0.15, -0.1) is 0 Å². The highest BCUT2D eigenvalue weighted by Gasteiger charge is 2.20. The van der Waals surface area contributed by atoms with Crippen molar-refractivity contribution in [2.45, 2.75) is 26.7 Å². The Kier molecular flexibility index (Phi) is 2.31. The average molecular weight is 202 g/mol. The highest BCUT2D eigenvalue weighted by Crippen LogP contribution is 2.32. The van der Waals surface area contributed by atoms with Crippen LogP contribution in [0.25, 0.3) is 6.08 Å². The molecule has 77 valence electrons. The van der Waals surface area contributed by atoms with Gasteiger partial charge in [-0.05, 0) is 50.0 Å². The standard InChI is InChI=1S/C12H12NO2/c1-8-7-10-5-3-4-6-11(10)9(2)12(8)13(14)15/h5,7H,4,6H2,1-2H3. The second kappa shape index (κ2) is 3.50. The predicted octanol–water partition coefficient (Wildman–Crippen LogP) is 2.97. The smallest absolute Gasteiger partial charge is 0.258 e. The number of nitrogens with zero attached hydrogens (tertiary/aromatic N) is 1. The molecule has 1 aliphatic rings. The zero-order chi connectivity index (χ0) is 11.0. The van der Waals surface area contributed by atoms with Crippen LogP contribution in [0, 0.1) is 30.0 Å². The van der Waals surface area contributed by atoms with Gasteiger partial charge in [-0.3, -0.25) is 10.1 Å². The summed E-state index contributed by atoms with van der Waals surface area (Å²) in [6.07, 6.45) is 6.80. The van der Waals surface area contributed by atoms with E-state index in [1.807, 2.05) is 19.1 Å². The van der Waals surface area contributed by atoms with Crippen molar-refractivity contribution in [3.8, 4) is 0 Å². The molecule has 1 aliphatic carbocycles. The molecule has 1 aromatic rings. The Morgan fingerprint density at radius 3 is 2.87 bits per heavy atom. The van der Waals surface area contributed by atoms with E-state index in [2.05, 4.69) is 6.08 Å². The Morgan fingerprint density at radius 1 is 1.47 bits per heavy atom. The molecule has 2 rings (SSSR count). The van der Waals surface area contributed by atoms with Gasteiger partial charge in [-0.1, -0.05) is 6.08 Å². The second-order valence-electron chi connectivity index (χ2n) is 3.84. The highest BCUT2D eigenvalue weighted by molar-refractivity contribution is 5.64. The molecule has 0 fully saturated rings. The van der Waals surface area contributed by atoms with Crippen molar-refractivity contribution >= 4 is 11.8 Å². The van der Waals surface area contributed by atoms with Gasteiger partial charge in [0.2, 0.25) is 0 Å². The number of hydrogen-bond acceptors (Lipinski definition) is 2. The van der Waals surface area contributed by atoms with Gasteiger partial charge in [0.05, 0.1) is 4.92 Å². The van der Waals surface area contributed by atoms with Crippen LogP contribution in [0.2, 0.25) is 0 Å². The van der Waals surface area contributed by atoms with E-state index in [4.69, 9.17) is 0 Å². The van der Waals surface area contributed by atoms with E-state index in [1.54, 1.807) is 6.92 Å². The molecule has 15 heavy (non-hydrogen) atoms. The first-order valence-electron chi connectivity index (χ1n) is 4.95. The molecule has 0 spiro atoms. The van der Waals surface area contributed by atoms with Crippen molar-refractivity contribution in [1.82, 2.24) is 0 Å². The third kappa shape index (κ3) is 1.54. The third-order valence-electron chi connectivity index (χ3n) is 2.86. The van der Waals surface area contributed by atoms with E-state index in [0.29, 0.717) is 0 Å². The molecule has 0 bridgehead atoms. The van der Waals surface area contributed by atoms with Gasteiger partial charge in [0.15, 0.2) is 0 Å². The fraction of sp³-hybridized carbons (Fsp3) is 0.333. The van der Waals surface area contributed by atoms with Gasteiger partial charge < -0.3 is 0 Å². The third-order valence-corrected chi connectivity index (χ3v) is 2.86. The summed E-state index contributed by atoms with van der Waals surface area (Å²) in [5.41, 5.74) is 4.00. The molecule has 0 N–H and O–H groups in total. The molecule has 0 unspecified atom stereocenters. The number of benzene rings is 1. The molecular formula is C12H12NO2. The molecular weight excluding hydrogens is 190 g/mol. The molecule has 3 nitrogen and oxygen atoms in total. The minimum Gasteiger partial charge on any atom is -0.258 e. The van der Waals surface area contributed by atoms with Crippen molar-refractivity contribution in [1.29, 1.82) is 0 Å². The maximum atomic E-state index is 10.9. The number of rotatable bonds is 1. The summed E-state index contributed by atoms with van der Waals surface area (Å²) < 4.78 is 0. The second-order valence-corrected chi connectivity index (χ2v) is 3.84. The average Bonchev–Trinajstić information content (AvgIpc) is 2.17. The van der Waals surface area contributed by atoms with Crippen LogP contribution in [0.5, 0.6) is 0 Å². The van der Waals surface area contributed by atoms with Crippen LogP contribution in [0.3, 0.4) is 0 Å². The van der Waals surface area contributed by atoms with E-state index >= 15 is 0 Å². The van der Waals surface area contributed by atoms with Gasteiger partial charge in [-0.2, -0.15) is 0 Å². The lowest BCUT2D eigenvalue weighted by Crippen LogP contribution is -2.04. The molecule has 1 radical (unpaired) electrons. The van der Waals surface area contributed by atoms with Gasteiger partial charge in [0.25, 0.3) is 5.69 Å². The van der Waals surface area contributed by atoms with Gasteiger partial charge in [0.1, 0.15) is 0 Å². The Morgan fingerprint density at radius 2 is 2.20 bits per heavy atom. The molecule has 0 aliphatic heterocycles. The largest absolute Gasteiger partial charge is 0.275 e. The first-order valence-corrected chi connectivity index (χ1v) is 4.95. The number of fused-ring (bicyclic) bond motifs is 1. The van der Waals surface area contributed by atoms with Crippen LogP contribution in [-0.4, -0.2) is 4.92 Å². The van der Waals surface area contributed by atoms with Gasteiger partial charge in [-0.25, -0.2) is 0 Å². The van der Waals surface area contributed by atoms with Crippen LogP contribution >= 0.6 is 0 Å². The molecule has 0 saturated carbocycles. The molecule has 0 atom stereocenters. The van der Waals surface area contributed by atoms with E-state index in [1.165, 1.54) is 0 Å². The SMILES string of the molecule is Cc1cc2c(c(C)c1[N+](=O)[O-])CC[C]=C2. The topological polar surface area (TPSA) is 43.1 Å². The van der Waals surface area contributed by atoms with Crippen molar-refractivity contribution < 1.29 is 4.92 Å². The quantitative estimate of drug-likeness (QED) is 0.519. The summed E-state index contributed by atoms with van der Waals surface area (Å²) >= 11 is 0. The highest BCUT2D eigenvalue weighted by atomic mass is 16.6. The molecule has 0 saturated heterocycles. The summed E-state index contributed by atoms with van der Waals surface area (Å²) in [6.45, 7) is 3.62. The van der Waals surface area contributed by atoms with E-state index < -0.39 is 0 Å². The Hall–Kier alpha value is -1.64. The summed E-state index contributed by atoms with van der Waals surface area (Å²) in [7, 11) is 0. The molecule has 0 amide bonds. The lowest BCUT2D eigenvalue weighted by Gasteiger charge is -2.14. The molecule has 0 heterocycles. The Labute approximate surface area is 88.6 Å². The van der Waals surface area contributed by atoms with E-state index in [0.717, 1.165) is 35.1 Å². The van der Waals surface area contributed by atoms with Crippen molar-refractivity contribution in [2.24, 2.45) is 0 Å². The maximum Gasteiger partial charge on any atom is 0.275 e. The van der Waals surface area contributed by atoms with Gasteiger partial charge >= 0.3 is 0 Å². The van der Waals surface area contributed by atoms with Crippen LogP contribution in [0.1, 0.15) is 28.7 Å². The molecule has 3 heteroatoms. The van der Waals surface area contributed by atoms with Crippen LogP contribution in [0.15, 0.2) is 6.07 Å². The van der Waals surface area contributed by atoms with Crippen LogP contribution < -0.4 is 0 Å². The van der Waals surface area contributed by atoms with Crippen molar-refractivity contribution in [3.63, 3.8) is 0 Å². The molecule has 1 aromatic carbocycles. The monoisotopic (exact) mass is 202 g/mol. The van der Waals surface area contributed by atoms with Crippen LogP contribution in [-0.2, 0) is 6.42 Å². The van der Waals surface area contributed by atoms with E-state index in [-0.39, 0.29) is 10.6 Å². The van der Waals surface area contributed by atoms with E-state index in [9.17, 15) is 10.1 Å². The lowest BCUT2D eigenvalue weighted by atomic mass is 9.90. The fourth-order valence-electron chi connectivity index (χ4n) is 2.16. The number of aryl methyl sites for hydroxylation is 1. The minimum absolute atomic E-state index is 0.268. The normalized spacial score (nSPS) is 13.7. The minimum atomic E-state index is -0.285. The number of nitro benzene ring substituents is 1. The number of nitro groups is 1. The summed E-state index contributed by atoms with van der Waals surface area (Å²) in [6, 6.07) is 1.88. The predicted molar refractivity (Wildman–Crippen MR) is 58.6 cm³/mol. The number of allylic oxidation sites excluding steroid dienone is 1. The van der Waals surface area contributed by atoms with Gasteiger partial charge in [0, 0.05) is 11.1 Å². The fourth-order valence-corrected chi connectivity index (χ4v) is 2.16. The summed E-state index contributed by atoms with van der Waals surface area (Å²) in [5.74, 6) is 0. The van der Waals surface area contributed by atoms with Crippen LogP contribution in [0.4, 0.5) is 5.69 Å². The Bertz CT molecular complexity index is 461. The zero-order valence-corrected chi connectivity index (χ0v) is 8.83.